The third kappa shape index (κ3) is 5.08. The molecule has 0 aliphatic rings. The lowest BCUT2D eigenvalue weighted by molar-refractivity contribution is 0.179. The largest absolute Gasteiger partial charge is 0.383 e. The molecule has 7 heteroatoms. The van der Waals surface area contributed by atoms with E-state index in [9.17, 15) is 13.2 Å². The first-order valence-electron chi connectivity index (χ1n) is 6.12. The molecule has 1 aromatic rings. The number of hydrogen-bond donors (Lipinski definition) is 2. The quantitative estimate of drug-likeness (QED) is 0.475. The molecule has 4 nitrogen and oxygen atoms in total. The molecule has 0 saturated carbocycles. The summed E-state index contributed by atoms with van der Waals surface area (Å²) in [6.45, 7) is 2.59. The Bertz CT molecular complexity index is 457. The average molecular weight is 289 g/mol. The number of rotatable bonds is 6. The SMILES string of the molecule is COCC(C)NC(N)=NCCc1cc(F)c(F)c(F)c1. The number of nitrogens with two attached hydrogens (primary N) is 1. The zero-order chi connectivity index (χ0) is 15.1. The van der Waals surface area contributed by atoms with E-state index in [1.807, 2.05) is 6.92 Å². The number of aliphatic imine (C=N–C) groups is 1. The molecule has 0 radical (unpaired) electrons. The van der Waals surface area contributed by atoms with Gasteiger partial charge in [-0.2, -0.15) is 0 Å². The van der Waals surface area contributed by atoms with Crippen molar-refractivity contribution in [1.82, 2.24) is 5.32 Å². The smallest absolute Gasteiger partial charge is 0.194 e. The van der Waals surface area contributed by atoms with Crippen LogP contribution in [0.2, 0.25) is 0 Å². The summed E-state index contributed by atoms with van der Waals surface area (Å²) in [5, 5.41) is 2.89. The lowest BCUT2D eigenvalue weighted by atomic mass is 10.1. The molecule has 0 bridgehead atoms. The first kappa shape index (κ1) is 16.3. The molecule has 0 aliphatic heterocycles. The van der Waals surface area contributed by atoms with Gasteiger partial charge < -0.3 is 15.8 Å². The summed E-state index contributed by atoms with van der Waals surface area (Å²) in [5.41, 5.74) is 5.95. The Morgan fingerprint density at radius 3 is 2.50 bits per heavy atom. The second-order valence-corrected chi connectivity index (χ2v) is 4.39. The van der Waals surface area contributed by atoms with Crippen LogP contribution in [-0.2, 0) is 11.2 Å². The van der Waals surface area contributed by atoms with Crippen molar-refractivity contribution in [1.29, 1.82) is 0 Å². The fourth-order valence-corrected chi connectivity index (χ4v) is 1.65. The van der Waals surface area contributed by atoms with E-state index in [4.69, 9.17) is 10.5 Å². The van der Waals surface area contributed by atoms with E-state index in [2.05, 4.69) is 10.3 Å². The molecule has 0 amide bonds. The van der Waals surface area contributed by atoms with Gasteiger partial charge in [-0.1, -0.05) is 0 Å². The van der Waals surface area contributed by atoms with E-state index in [-0.39, 0.29) is 25.0 Å². The highest BCUT2D eigenvalue weighted by Crippen LogP contribution is 2.13. The molecular weight excluding hydrogens is 271 g/mol. The normalized spacial score (nSPS) is 13.3. The van der Waals surface area contributed by atoms with Gasteiger partial charge in [-0.25, -0.2) is 13.2 Å². The molecule has 1 atom stereocenters. The zero-order valence-electron chi connectivity index (χ0n) is 11.4. The molecule has 0 aliphatic carbocycles. The molecule has 20 heavy (non-hydrogen) atoms. The van der Waals surface area contributed by atoms with E-state index in [1.54, 1.807) is 7.11 Å². The summed E-state index contributed by atoms with van der Waals surface area (Å²) in [6.07, 6.45) is 0.259. The van der Waals surface area contributed by atoms with Crippen LogP contribution >= 0.6 is 0 Å². The molecule has 0 saturated heterocycles. The number of benzene rings is 1. The number of nitrogens with one attached hydrogen (secondary N) is 1. The van der Waals surface area contributed by atoms with Crippen molar-refractivity contribution >= 4 is 5.96 Å². The number of nitrogens with zero attached hydrogens (tertiary/aromatic N) is 1. The Morgan fingerprint density at radius 1 is 1.35 bits per heavy atom. The van der Waals surface area contributed by atoms with Crippen molar-refractivity contribution in [2.24, 2.45) is 10.7 Å². The van der Waals surface area contributed by atoms with Gasteiger partial charge in [0.1, 0.15) is 0 Å². The summed E-state index contributed by atoms with van der Waals surface area (Å²) < 4.78 is 43.6. The third-order valence-corrected chi connectivity index (χ3v) is 2.54. The van der Waals surface area contributed by atoms with Crippen LogP contribution in [0.4, 0.5) is 13.2 Å². The minimum atomic E-state index is -1.47. The topological polar surface area (TPSA) is 59.6 Å². The molecule has 0 heterocycles. The zero-order valence-corrected chi connectivity index (χ0v) is 11.4. The van der Waals surface area contributed by atoms with Gasteiger partial charge in [0.15, 0.2) is 23.4 Å². The minimum absolute atomic E-state index is 0.00413. The van der Waals surface area contributed by atoms with Gasteiger partial charge in [0.2, 0.25) is 0 Å². The summed E-state index contributed by atoms with van der Waals surface area (Å²) in [4.78, 5) is 4.01. The lowest BCUT2D eigenvalue weighted by Gasteiger charge is -2.13. The van der Waals surface area contributed by atoms with Gasteiger partial charge in [-0.05, 0) is 31.0 Å². The highest BCUT2D eigenvalue weighted by atomic mass is 19.2. The predicted octanol–water partition coefficient (Wildman–Crippen LogP) is 1.59. The van der Waals surface area contributed by atoms with E-state index in [0.717, 1.165) is 12.1 Å². The van der Waals surface area contributed by atoms with Gasteiger partial charge in [0.25, 0.3) is 0 Å². The molecule has 112 valence electrons. The Labute approximate surface area is 115 Å². The van der Waals surface area contributed by atoms with Gasteiger partial charge in [-0.3, -0.25) is 4.99 Å². The van der Waals surface area contributed by atoms with E-state index in [1.165, 1.54) is 0 Å². The molecule has 0 fully saturated rings. The molecule has 1 unspecified atom stereocenters. The highest BCUT2D eigenvalue weighted by molar-refractivity contribution is 5.78. The number of halogens is 3. The van der Waals surface area contributed by atoms with E-state index < -0.39 is 17.5 Å². The maximum absolute atomic E-state index is 13.0. The molecule has 0 aromatic heterocycles. The van der Waals surface area contributed by atoms with Crippen molar-refractivity contribution in [2.75, 3.05) is 20.3 Å². The van der Waals surface area contributed by atoms with E-state index in [0.29, 0.717) is 12.2 Å². The second kappa shape index (κ2) is 7.74. The van der Waals surface area contributed by atoms with Gasteiger partial charge in [-0.15, -0.1) is 0 Å². The summed E-state index contributed by atoms with van der Waals surface area (Å²) in [5.74, 6) is -3.66. The van der Waals surface area contributed by atoms with Crippen LogP contribution in [-0.4, -0.2) is 32.3 Å². The first-order valence-corrected chi connectivity index (χ1v) is 6.12. The summed E-state index contributed by atoms with van der Waals surface area (Å²) >= 11 is 0. The van der Waals surface area contributed by atoms with Crippen LogP contribution in [0.15, 0.2) is 17.1 Å². The highest BCUT2D eigenvalue weighted by Gasteiger charge is 2.10. The number of guanidine groups is 1. The maximum atomic E-state index is 13.0. The molecular formula is C13H18F3N3O. The predicted molar refractivity (Wildman–Crippen MR) is 71.0 cm³/mol. The number of methoxy groups -OCH3 is 1. The van der Waals surface area contributed by atoms with Crippen molar-refractivity contribution < 1.29 is 17.9 Å². The van der Waals surface area contributed by atoms with Gasteiger partial charge >= 0.3 is 0 Å². The Kier molecular flexibility index (Phi) is 6.30. The number of ether oxygens (including phenoxy) is 1. The van der Waals surface area contributed by atoms with Crippen LogP contribution in [0.1, 0.15) is 12.5 Å². The van der Waals surface area contributed by atoms with Crippen molar-refractivity contribution in [3.05, 3.63) is 35.1 Å². The fraction of sp³-hybridized carbons (Fsp3) is 0.462. The fourth-order valence-electron chi connectivity index (χ4n) is 1.65. The monoisotopic (exact) mass is 289 g/mol. The Morgan fingerprint density at radius 2 is 1.95 bits per heavy atom. The van der Waals surface area contributed by atoms with Crippen LogP contribution < -0.4 is 11.1 Å². The van der Waals surface area contributed by atoms with Crippen molar-refractivity contribution in [3.8, 4) is 0 Å². The van der Waals surface area contributed by atoms with E-state index >= 15 is 0 Å². The maximum Gasteiger partial charge on any atom is 0.194 e. The second-order valence-electron chi connectivity index (χ2n) is 4.39. The number of hydrogen-bond acceptors (Lipinski definition) is 2. The van der Waals surface area contributed by atoms with Gasteiger partial charge in [0, 0.05) is 19.7 Å². The van der Waals surface area contributed by atoms with Crippen LogP contribution in [0.5, 0.6) is 0 Å². The van der Waals surface area contributed by atoms with Crippen LogP contribution in [0.3, 0.4) is 0 Å². The third-order valence-electron chi connectivity index (χ3n) is 2.54. The van der Waals surface area contributed by atoms with Gasteiger partial charge in [0.05, 0.1) is 6.61 Å². The Hall–Kier alpha value is -1.76. The van der Waals surface area contributed by atoms with Crippen molar-refractivity contribution in [2.45, 2.75) is 19.4 Å². The minimum Gasteiger partial charge on any atom is -0.383 e. The average Bonchev–Trinajstić information content (AvgIpc) is 2.36. The standard InChI is InChI=1S/C13H18F3N3O/c1-8(7-20-2)19-13(17)18-4-3-9-5-10(14)12(16)11(15)6-9/h5-6,8H,3-4,7H2,1-2H3,(H3,17,18,19). The molecule has 3 N–H and O–H groups in total. The first-order chi connectivity index (χ1) is 9.43. The van der Waals surface area contributed by atoms with Crippen LogP contribution in [0.25, 0.3) is 0 Å². The summed E-state index contributed by atoms with van der Waals surface area (Å²) in [7, 11) is 1.57. The molecule has 1 rings (SSSR count). The molecule has 0 spiro atoms. The lowest BCUT2D eigenvalue weighted by Crippen LogP contribution is -2.40. The molecule has 1 aromatic carbocycles. The Balaban J connectivity index is 2.51. The van der Waals surface area contributed by atoms with Crippen molar-refractivity contribution in [3.63, 3.8) is 0 Å². The van der Waals surface area contributed by atoms with Crippen LogP contribution in [0, 0.1) is 17.5 Å². The summed E-state index contributed by atoms with van der Waals surface area (Å²) in [6, 6.07) is 1.90.